The van der Waals surface area contributed by atoms with Gasteiger partial charge in [0.05, 0.1) is 0 Å². The van der Waals surface area contributed by atoms with Crippen LogP contribution in [-0.2, 0) is 0 Å². The Morgan fingerprint density at radius 3 is 2.94 bits per heavy atom. The molecule has 1 aromatic heterocycles. The number of hydrogen-bond donors (Lipinski definition) is 2. The van der Waals surface area contributed by atoms with Crippen molar-refractivity contribution in [2.75, 3.05) is 5.32 Å². The van der Waals surface area contributed by atoms with Gasteiger partial charge in [0.25, 0.3) is 5.91 Å². The molecule has 2 N–H and O–H groups in total. The Morgan fingerprint density at radius 2 is 2.31 bits per heavy atom. The normalized spacial score (nSPS) is 10.1. The summed E-state index contributed by atoms with van der Waals surface area (Å²) in [6.45, 7) is 1.85. The molecular weight excluding hydrogens is 226 g/mol. The fourth-order valence-corrected chi connectivity index (χ4v) is 1.42. The molecule has 2 aromatic rings. The van der Waals surface area contributed by atoms with Gasteiger partial charge >= 0.3 is 0 Å². The van der Waals surface area contributed by atoms with E-state index in [4.69, 9.17) is 11.6 Å². The van der Waals surface area contributed by atoms with Gasteiger partial charge in [0.15, 0.2) is 0 Å². The lowest BCUT2D eigenvalue weighted by atomic mass is 10.1. The number of hydrogen-bond acceptors (Lipinski definition) is 2. The second-order valence-corrected chi connectivity index (χ2v) is 3.76. The van der Waals surface area contributed by atoms with Crippen molar-refractivity contribution in [2.45, 2.75) is 6.92 Å². The predicted molar refractivity (Wildman–Crippen MR) is 62.7 cm³/mol. The van der Waals surface area contributed by atoms with Crippen LogP contribution in [0.4, 0.5) is 5.95 Å². The molecule has 0 fully saturated rings. The number of anilines is 1. The van der Waals surface area contributed by atoms with Crippen molar-refractivity contribution >= 4 is 23.5 Å². The van der Waals surface area contributed by atoms with E-state index < -0.39 is 0 Å². The summed E-state index contributed by atoms with van der Waals surface area (Å²) < 4.78 is 0. The molecule has 1 aromatic carbocycles. The zero-order valence-electron chi connectivity index (χ0n) is 8.62. The number of aryl methyl sites for hydroxylation is 1. The molecule has 5 heteroatoms. The maximum absolute atomic E-state index is 11.8. The molecule has 0 spiro atoms. The van der Waals surface area contributed by atoms with E-state index in [1.807, 2.05) is 6.92 Å². The zero-order chi connectivity index (χ0) is 11.5. The van der Waals surface area contributed by atoms with Crippen molar-refractivity contribution in [2.24, 2.45) is 0 Å². The molecule has 4 nitrogen and oxygen atoms in total. The maximum Gasteiger partial charge on any atom is 0.257 e. The third kappa shape index (κ3) is 2.23. The van der Waals surface area contributed by atoms with E-state index in [2.05, 4.69) is 15.3 Å². The number of aromatic amines is 1. The monoisotopic (exact) mass is 235 g/mol. The quantitative estimate of drug-likeness (QED) is 0.841. The number of aromatic nitrogens is 2. The van der Waals surface area contributed by atoms with Crippen molar-refractivity contribution < 1.29 is 4.79 Å². The molecule has 0 aliphatic carbocycles. The molecule has 16 heavy (non-hydrogen) atoms. The van der Waals surface area contributed by atoms with Crippen molar-refractivity contribution in [1.29, 1.82) is 0 Å². The predicted octanol–water partition coefficient (Wildman–Crippen LogP) is 2.62. The Bertz CT molecular complexity index is 508. The van der Waals surface area contributed by atoms with Crippen molar-refractivity contribution in [3.63, 3.8) is 0 Å². The lowest BCUT2D eigenvalue weighted by Crippen LogP contribution is -2.13. The molecule has 0 saturated carbocycles. The molecule has 0 atom stereocenters. The number of nitrogens with one attached hydrogen (secondary N) is 2. The molecule has 1 amide bonds. The number of carbonyl (C=O) groups excluding carboxylic acids is 1. The molecule has 0 radical (unpaired) electrons. The highest BCUT2D eigenvalue weighted by molar-refractivity contribution is 6.31. The van der Waals surface area contributed by atoms with E-state index in [1.165, 1.54) is 0 Å². The van der Waals surface area contributed by atoms with Gasteiger partial charge in [-0.1, -0.05) is 11.6 Å². The van der Waals surface area contributed by atoms with Gasteiger partial charge < -0.3 is 4.98 Å². The molecule has 0 aliphatic heterocycles. The van der Waals surface area contributed by atoms with E-state index >= 15 is 0 Å². The Hall–Kier alpha value is -1.81. The van der Waals surface area contributed by atoms with Crippen molar-refractivity contribution in [3.8, 4) is 0 Å². The van der Waals surface area contributed by atoms with Crippen LogP contribution in [0.5, 0.6) is 0 Å². The first-order chi connectivity index (χ1) is 7.66. The number of carbonyl (C=O) groups is 1. The van der Waals surface area contributed by atoms with Crippen LogP contribution in [-0.4, -0.2) is 15.9 Å². The molecule has 1 heterocycles. The van der Waals surface area contributed by atoms with E-state index in [0.29, 0.717) is 16.5 Å². The summed E-state index contributed by atoms with van der Waals surface area (Å²) >= 11 is 5.88. The highest BCUT2D eigenvalue weighted by atomic mass is 35.5. The summed E-state index contributed by atoms with van der Waals surface area (Å²) in [5.74, 6) is 0.215. The van der Waals surface area contributed by atoms with Gasteiger partial charge in [-0.05, 0) is 30.7 Å². The second kappa shape index (κ2) is 4.37. The average Bonchev–Trinajstić information content (AvgIpc) is 2.74. The molecule has 82 valence electrons. The number of H-pyrrole nitrogens is 1. The largest absolute Gasteiger partial charge is 0.331 e. The SMILES string of the molecule is Cc1cc(C(=O)Nc2ncc[nH]2)ccc1Cl. The van der Waals surface area contributed by atoms with Crippen molar-refractivity contribution in [1.82, 2.24) is 9.97 Å². The van der Waals surface area contributed by atoms with Gasteiger partial charge in [0, 0.05) is 23.0 Å². The number of benzene rings is 1. The zero-order valence-corrected chi connectivity index (χ0v) is 9.38. The molecule has 0 aliphatic rings. The summed E-state index contributed by atoms with van der Waals surface area (Å²) in [4.78, 5) is 18.5. The number of nitrogens with zero attached hydrogens (tertiary/aromatic N) is 1. The summed E-state index contributed by atoms with van der Waals surface area (Å²) in [7, 11) is 0. The number of rotatable bonds is 2. The van der Waals surface area contributed by atoms with Gasteiger partial charge in [-0.3, -0.25) is 10.1 Å². The Kier molecular flexibility index (Phi) is 2.92. The summed E-state index contributed by atoms with van der Waals surface area (Å²) in [5.41, 5.74) is 1.42. The van der Waals surface area contributed by atoms with Crippen LogP contribution in [0.1, 0.15) is 15.9 Å². The Balaban J connectivity index is 2.18. The standard InChI is InChI=1S/C11H10ClN3O/c1-7-6-8(2-3-9(7)12)10(16)15-11-13-4-5-14-11/h2-6H,1H3,(H2,13,14,15,16). The summed E-state index contributed by atoms with van der Waals surface area (Å²) in [6.07, 6.45) is 3.21. The average molecular weight is 236 g/mol. The van der Waals surface area contributed by atoms with E-state index in [9.17, 15) is 4.79 Å². The minimum absolute atomic E-state index is 0.213. The molecular formula is C11H10ClN3O. The van der Waals surface area contributed by atoms with E-state index in [1.54, 1.807) is 30.6 Å². The van der Waals surface area contributed by atoms with Crippen LogP contribution >= 0.6 is 11.6 Å². The van der Waals surface area contributed by atoms with E-state index in [-0.39, 0.29) is 5.91 Å². The molecule has 2 rings (SSSR count). The minimum Gasteiger partial charge on any atom is -0.331 e. The van der Waals surface area contributed by atoms with Crippen LogP contribution in [0.25, 0.3) is 0 Å². The van der Waals surface area contributed by atoms with Gasteiger partial charge in [-0.2, -0.15) is 0 Å². The van der Waals surface area contributed by atoms with Crippen LogP contribution < -0.4 is 5.32 Å². The van der Waals surface area contributed by atoms with Gasteiger partial charge in [0.1, 0.15) is 0 Å². The Morgan fingerprint density at radius 1 is 1.50 bits per heavy atom. The molecule has 0 unspecified atom stereocenters. The number of amides is 1. The minimum atomic E-state index is -0.213. The van der Waals surface area contributed by atoms with Crippen LogP contribution in [0.2, 0.25) is 5.02 Å². The first kappa shape index (κ1) is 10.7. The Labute approximate surface area is 97.7 Å². The van der Waals surface area contributed by atoms with Gasteiger partial charge in [-0.15, -0.1) is 0 Å². The van der Waals surface area contributed by atoms with E-state index in [0.717, 1.165) is 5.56 Å². The smallest absolute Gasteiger partial charge is 0.257 e. The van der Waals surface area contributed by atoms with Gasteiger partial charge in [-0.25, -0.2) is 4.98 Å². The second-order valence-electron chi connectivity index (χ2n) is 3.36. The van der Waals surface area contributed by atoms with Crippen LogP contribution in [0.15, 0.2) is 30.6 Å². The van der Waals surface area contributed by atoms with Gasteiger partial charge in [0.2, 0.25) is 5.95 Å². The molecule has 0 saturated heterocycles. The van der Waals surface area contributed by atoms with Crippen molar-refractivity contribution in [3.05, 3.63) is 46.7 Å². The number of halogens is 1. The van der Waals surface area contributed by atoms with Crippen LogP contribution in [0, 0.1) is 6.92 Å². The maximum atomic E-state index is 11.8. The first-order valence-electron chi connectivity index (χ1n) is 4.73. The first-order valence-corrected chi connectivity index (χ1v) is 5.11. The highest BCUT2D eigenvalue weighted by Crippen LogP contribution is 2.16. The third-order valence-electron chi connectivity index (χ3n) is 2.15. The number of imidazole rings is 1. The lowest BCUT2D eigenvalue weighted by Gasteiger charge is -2.04. The summed E-state index contributed by atoms with van der Waals surface area (Å²) in [5, 5.41) is 3.28. The third-order valence-corrected chi connectivity index (χ3v) is 2.57. The molecule has 0 bridgehead atoms. The van der Waals surface area contributed by atoms with Crippen LogP contribution in [0.3, 0.4) is 0 Å². The lowest BCUT2D eigenvalue weighted by molar-refractivity contribution is 0.102. The fraction of sp³-hybridized carbons (Fsp3) is 0.0909. The summed E-state index contributed by atoms with van der Waals surface area (Å²) in [6, 6.07) is 5.11. The fourth-order valence-electron chi connectivity index (χ4n) is 1.30. The highest BCUT2D eigenvalue weighted by Gasteiger charge is 2.08. The topological polar surface area (TPSA) is 57.8 Å².